The molecule has 1 heteroatoms. The average Bonchev–Trinajstić information content (AvgIpc) is 2.17. The maximum atomic E-state index is 4.32. The van der Waals surface area contributed by atoms with E-state index in [0.717, 1.165) is 5.69 Å². The fourth-order valence-corrected chi connectivity index (χ4v) is 2.06. The Kier molecular flexibility index (Phi) is 2.47. The highest BCUT2D eigenvalue weighted by Gasteiger charge is 2.05. The second-order valence-electron chi connectivity index (χ2n) is 4.54. The van der Waals surface area contributed by atoms with Crippen molar-refractivity contribution >= 4 is 10.8 Å². The number of nitrogens with zero attached hydrogens (tertiary/aromatic N) is 1. The summed E-state index contributed by atoms with van der Waals surface area (Å²) in [6, 6.07) is 6.68. The Morgan fingerprint density at radius 1 is 1.00 bits per heavy atom. The monoisotopic (exact) mass is 199 g/mol. The summed E-state index contributed by atoms with van der Waals surface area (Å²) in [6.45, 7) is 8.69. The van der Waals surface area contributed by atoms with E-state index in [0.29, 0.717) is 5.92 Å². The third-order valence-corrected chi connectivity index (χ3v) is 2.87. The predicted octanol–water partition coefficient (Wildman–Crippen LogP) is 3.98. The van der Waals surface area contributed by atoms with Gasteiger partial charge in [0.2, 0.25) is 0 Å². The minimum absolute atomic E-state index is 0.586. The second kappa shape index (κ2) is 3.65. The lowest BCUT2D eigenvalue weighted by Crippen LogP contribution is -1.93. The molecule has 0 N–H and O–H groups in total. The van der Waals surface area contributed by atoms with Gasteiger partial charge in [-0.25, -0.2) is 0 Å². The lowest BCUT2D eigenvalue weighted by molar-refractivity contribution is 0.859. The van der Waals surface area contributed by atoms with Crippen molar-refractivity contribution in [2.24, 2.45) is 0 Å². The van der Waals surface area contributed by atoms with Crippen LogP contribution in [0.4, 0.5) is 0 Å². The van der Waals surface area contributed by atoms with Crippen LogP contribution in [0.25, 0.3) is 10.8 Å². The van der Waals surface area contributed by atoms with Crippen LogP contribution in [0.15, 0.2) is 24.4 Å². The Morgan fingerprint density at radius 3 is 2.40 bits per heavy atom. The highest BCUT2D eigenvalue weighted by atomic mass is 14.6. The van der Waals surface area contributed by atoms with Crippen molar-refractivity contribution in [2.45, 2.75) is 33.6 Å². The molecular formula is C14H17N. The number of fused-ring (bicyclic) bond motifs is 1. The largest absolute Gasteiger partial charge is 0.261 e. The SMILES string of the molecule is Cc1cc2cc(C(C)C)c(C)cc2cn1. The average molecular weight is 199 g/mol. The van der Waals surface area contributed by atoms with Crippen molar-refractivity contribution in [1.82, 2.24) is 4.98 Å². The molecule has 15 heavy (non-hydrogen) atoms. The number of pyridine rings is 1. The van der Waals surface area contributed by atoms with Gasteiger partial charge >= 0.3 is 0 Å². The van der Waals surface area contributed by atoms with E-state index in [2.05, 4.69) is 44.0 Å². The molecule has 1 aromatic carbocycles. The van der Waals surface area contributed by atoms with Crippen LogP contribution in [0, 0.1) is 13.8 Å². The van der Waals surface area contributed by atoms with E-state index in [4.69, 9.17) is 0 Å². The second-order valence-corrected chi connectivity index (χ2v) is 4.54. The molecule has 0 amide bonds. The molecule has 1 heterocycles. The Hall–Kier alpha value is -1.37. The molecule has 2 aromatic rings. The van der Waals surface area contributed by atoms with Gasteiger partial charge in [0.15, 0.2) is 0 Å². The lowest BCUT2D eigenvalue weighted by atomic mass is 9.95. The van der Waals surface area contributed by atoms with Crippen LogP contribution in [0.1, 0.15) is 36.6 Å². The van der Waals surface area contributed by atoms with Crippen LogP contribution in [-0.2, 0) is 0 Å². The van der Waals surface area contributed by atoms with Gasteiger partial charge in [0.25, 0.3) is 0 Å². The van der Waals surface area contributed by atoms with Crippen molar-refractivity contribution in [2.75, 3.05) is 0 Å². The molecular weight excluding hydrogens is 182 g/mol. The van der Waals surface area contributed by atoms with E-state index in [1.807, 2.05) is 13.1 Å². The molecule has 0 unspecified atom stereocenters. The number of aryl methyl sites for hydroxylation is 2. The fraction of sp³-hybridized carbons (Fsp3) is 0.357. The summed E-state index contributed by atoms with van der Waals surface area (Å²) in [5, 5.41) is 2.54. The van der Waals surface area contributed by atoms with Crippen molar-refractivity contribution in [1.29, 1.82) is 0 Å². The molecule has 0 saturated carbocycles. The molecule has 0 fully saturated rings. The van der Waals surface area contributed by atoms with Crippen LogP contribution in [0.3, 0.4) is 0 Å². The van der Waals surface area contributed by atoms with Gasteiger partial charge < -0.3 is 0 Å². The number of hydrogen-bond acceptors (Lipinski definition) is 1. The summed E-state index contributed by atoms with van der Waals surface area (Å²) in [4.78, 5) is 4.32. The molecule has 78 valence electrons. The molecule has 0 aliphatic heterocycles. The molecule has 0 atom stereocenters. The predicted molar refractivity (Wildman–Crippen MR) is 65.3 cm³/mol. The molecule has 0 saturated heterocycles. The molecule has 2 rings (SSSR count). The quantitative estimate of drug-likeness (QED) is 0.677. The standard InChI is InChI=1S/C14H17N/c1-9(2)14-7-12-6-11(4)15-8-13(12)5-10(14)3/h5-9H,1-4H3. The molecule has 0 aliphatic carbocycles. The van der Waals surface area contributed by atoms with Crippen LogP contribution in [-0.4, -0.2) is 4.98 Å². The maximum absolute atomic E-state index is 4.32. The lowest BCUT2D eigenvalue weighted by Gasteiger charge is -2.11. The van der Waals surface area contributed by atoms with Crippen molar-refractivity contribution in [3.8, 4) is 0 Å². The van der Waals surface area contributed by atoms with Gasteiger partial charge in [-0.15, -0.1) is 0 Å². The number of hydrogen-bond donors (Lipinski definition) is 0. The highest BCUT2D eigenvalue weighted by molar-refractivity contribution is 5.83. The third kappa shape index (κ3) is 1.87. The van der Waals surface area contributed by atoms with E-state index < -0.39 is 0 Å². The number of rotatable bonds is 1. The molecule has 1 nitrogen and oxygen atoms in total. The van der Waals surface area contributed by atoms with Gasteiger partial charge in [-0.3, -0.25) is 4.98 Å². The molecule has 0 spiro atoms. The van der Waals surface area contributed by atoms with E-state index >= 15 is 0 Å². The van der Waals surface area contributed by atoms with Crippen LogP contribution in [0.5, 0.6) is 0 Å². The van der Waals surface area contributed by atoms with Crippen LogP contribution < -0.4 is 0 Å². The van der Waals surface area contributed by atoms with Crippen molar-refractivity contribution in [3.05, 3.63) is 41.2 Å². The zero-order valence-corrected chi connectivity index (χ0v) is 9.83. The smallest absolute Gasteiger partial charge is 0.0379 e. The first kappa shape index (κ1) is 10.2. The Bertz CT molecular complexity index is 498. The van der Waals surface area contributed by atoms with Crippen LogP contribution in [0.2, 0.25) is 0 Å². The van der Waals surface area contributed by atoms with E-state index in [9.17, 15) is 0 Å². The summed E-state index contributed by atoms with van der Waals surface area (Å²) in [5.41, 5.74) is 3.89. The van der Waals surface area contributed by atoms with Crippen molar-refractivity contribution < 1.29 is 0 Å². The first-order valence-corrected chi connectivity index (χ1v) is 5.45. The van der Waals surface area contributed by atoms with Gasteiger partial charge in [-0.05, 0) is 48.4 Å². The van der Waals surface area contributed by atoms with Gasteiger partial charge in [-0.2, -0.15) is 0 Å². The van der Waals surface area contributed by atoms with Crippen LogP contribution >= 0.6 is 0 Å². The summed E-state index contributed by atoms with van der Waals surface area (Å²) < 4.78 is 0. The summed E-state index contributed by atoms with van der Waals surface area (Å²) in [7, 11) is 0. The zero-order valence-electron chi connectivity index (χ0n) is 9.83. The number of aromatic nitrogens is 1. The van der Waals surface area contributed by atoms with Crippen molar-refractivity contribution in [3.63, 3.8) is 0 Å². The summed E-state index contributed by atoms with van der Waals surface area (Å²) in [5.74, 6) is 0.586. The number of benzene rings is 1. The maximum Gasteiger partial charge on any atom is 0.0379 e. The van der Waals surface area contributed by atoms with E-state index in [1.165, 1.54) is 21.9 Å². The molecule has 1 aromatic heterocycles. The molecule has 0 bridgehead atoms. The topological polar surface area (TPSA) is 12.9 Å². The highest BCUT2D eigenvalue weighted by Crippen LogP contribution is 2.25. The minimum Gasteiger partial charge on any atom is -0.261 e. The Balaban J connectivity index is 2.72. The first-order chi connectivity index (χ1) is 7.08. The van der Waals surface area contributed by atoms with Gasteiger partial charge in [0, 0.05) is 17.3 Å². The minimum atomic E-state index is 0.586. The van der Waals surface area contributed by atoms with Gasteiger partial charge in [0.1, 0.15) is 0 Å². The van der Waals surface area contributed by atoms with Gasteiger partial charge in [-0.1, -0.05) is 19.9 Å². The normalized spacial score (nSPS) is 11.3. The third-order valence-electron chi connectivity index (χ3n) is 2.87. The molecule has 0 aliphatic rings. The zero-order chi connectivity index (χ0) is 11.0. The molecule has 0 radical (unpaired) electrons. The first-order valence-electron chi connectivity index (χ1n) is 5.45. The van der Waals surface area contributed by atoms with E-state index in [1.54, 1.807) is 0 Å². The fourth-order valence-electron chi connectivity index (χ4n) is 2.06. The van der Waals surface area contributed by atoms with E-state index in [-0.39, 0.29) is 0 Å². The summed E-state index contributed by atoms with van der Waals surface area (Å²) >= 11 is 0. The van der Waals surface area contributed by atoms with Gasteiger partial charge in [0.05, 0.1) is 0 Å². The Labute approximate surface area is 91.2 Å². The summed E-state index contributed by atoms with van der Waals surface area (Å²) in [6.07, 6.45) is 1.96. The Morgan fingerprint density at radius 2 is 1.73 bits per heavy atom.